The van der Waals surface area contributed by atoms with Gasteiger partial charge < -0.3 is 5.11 Å². The second-order valence-electron chi connectivity index (χ2n) is 3.76. The number of hydrogen-bond donors (Lipinski definition) is 2. The van der Waals surface area contributed by atoms with Gasteiger partial charge in [0, 0.05) is 12.4 Å². The lowest BCUT2D eigenvalue weighted by atomic mass is 10.2. The molecule has 0 atom stereocenters. The van der Waals surface area contributed by atoms with Gasteiger partial charge in [0.05, 0.1) is 21.8 Å². The molecule has 0 aliphatic carbocycles. The van der Waals surface area contributed by atoms with Gasteiger partial charge in [-0.25, -0.2) is 18.2 Å². The summed E-state index contributed by atoms with van der Waals surface area (Å²) in [6, 6.07) is 1.93. The van der Waals surface area contributed by atoms with Crippen molar-refractivity contribution in [3.8, 4) is 0 Å². The van der Waals surface area contributed by atoms with Gasteiger partial charge in [-0.1, -0.05) is 23.2 Å². The van der Waals surface area contributed by atoms with Gasteiger partial charge in [-0.3, -0.25) is 9.71 Å². The van der Waals surface area contributed by atoms with E-state index in [9.17, 15) is 13.2 Å². The number of carboxylic acids is 1. The highest BCUT2D eigenvalue weighted by atomic mass is 35.5. The molecule has 0 saturated carbocycles. The molecule has 0 bridgehead atoms. The number of carboxylic acid groups (broad SMARTS) is 1. The third kappa shape index (κ3) is 3.41. The Bertz CT molecular complexity index is 797. The Morgan fingerprint density at radius 1 is 1.19 bits per heavy atom. The molecule has 2 N–H and O–H groups in total. The van der Waals surface area contributed by atoms with E-state index in [1.54, 1.807) is 0 Å². The smallest absolute Gasteiger partial charge is 0.337 e. The summed E-state index contributed by atoms with van der Waals surface area (Å²) < 4.78 is 26.6. The lowest BCUT2D eigenvalue weighted by Gasteiger charge is -2.10. The van der Waals surface area contributed by atoms with Gasteiger partial charge in [0.2, 0.25) is 0 Å². The summed E-state index contributed by atoms with van der Waals surface area (Å²) in [4.78, 5) is 18.0. The van der Waals surface area contributed by atoms with Crippen LogP contribution in [0.2, 0.25) is 10.0 Å². The SMILES string of the molecule is O=C(O)c1cc(S(=O)(=O)Nc2cnccn2)c(Cl)cc1Cl. The van der Waals surface area contributed by atoms with Crippen LogP contribution in [-0.4, -0.2) is 29.5 Å². The molecule has 0 aliphatic rings. The van der Waals surface area contributed by atoms with Crippen LogP contribution in [0.4, 0.5) is 5.82 Å². The number of nitrogens with zero attached hydrogens (tertiary/aromatic N) is 2. The van der Waals surface area contributed by atoms with Crippen molar-refractivity contribution in [1.82, 2.24) is 9.97 Å². The molecule has 0 fully saturated rings. The largest absolute Gasteiger partial charge is 0.478 e. The predicted octanol–water partition coefficient (Wildman–Crippen LogP) is 2.28. The van der Waals surface area contributed by atoms with Crippen molar-refractivity contribution in [3.63, 3.8) is 0 Å². The van der Waals surface area contributed by atoms with Crippen LogP contribution in [-0.2, 0) is 10.0 Å². The summed E-state index contributed by atoms with van der Waals surface area (Å²) in [5.41, 5.74) is -0.374. The zero-order chi connectivity index (χ0) is 15.6. The fraction of sp³-hybridized carbons (Fsp3) is 0. The Morgan fingerprint density at radius 3 is 2.48 bits per heavy atom. The molecule has 0 saturated heterocycles. The molecule has 21 heavy (non-hydrogen) atoms. The van der Waals surface area contributed by atoms with Crippen LogP contribution < -0.4 is 4.72 Å². The number of sulfonamides is 1. The molecule has 0 amide bonds. The van der Waals surface area contributed by atoms with Crippen molar-refractivity contribution in [2.24, 2.45) is 0 Å². The Morgan fingerprint density at radius 2 is 1.90 bits per heavy atom. The number of halogens is 2. The molecular weight excluding hydrogens is 341 g/mol. The van der Waals surface area contributed by atoms with Crippen molar-refractivity contribution < 1.29 is 18.3 Å². The van der Waals surface area contributed by atoms with Crippen molar-refractivity contribution in [2.45, 2.75) is 4.90 Å². The summed E-state index contributed by atoms with van der Waals surface area (Å²) in [7, 11) is -4.12. The van der Waals surface area contributed by atoms with E-state index >= 15 is 0 Å². The molecular formula is C11H7Cl2N3O4S. The van der Waals surface area contributed by atoms with Crippen LogP contribution in [0.1, 0.15) is 10.4 Å². The van der Waals surface area contributed by atoms with Crippen LogP contribution in [0.3, 0.4) is 0 Å². The van der Waals surface area contributed by atoms with Gasteiger partial charge in [-0.15, -0.1) is 0 Å². The van der Waals surface area contributed by atoms with Crippen molar-refractivity contribution >= 4 is 45.0 Å². The molecule has 1 aromatic heterocycles. The Balaban J connectivity index is 2.50. The molecule has 7 nitrogen and oxygen atoms in total. The maximum atomic E-state index is 12.2. The average molecular weight is 348 g/mol. The average Bonchev–Trinajstić information content (AvgIpc) is 2.38. The minimum atomic E-state index is -4.12. The predicted molar refractivity (Wildman–Crippen MR) is 76.3 cm³/mol. The molecule has 2 rings (SSSR count). The Labute approximate surface area is 129 Å². The number of hydrogen-bond acceptors (Lipinski definition) is 5. The van der Waals surface area contributed by atoms with E-state index in [0.29, 0.717) is 0 Å². The maximum Gasteiger partial charge on any atom is 0.337 e. The van der Waals surface area contributed by atoms with Gasteiger partial charge in [-0.05, 0) is 12.1 Å². The van der Waals surface area contributed by atoms with Crippen molar-refractivity contribution in [1.29, 1.82) is 0 Å². The summed E-state index contributed by atoms with van der Waals surface area (Å²) in [5, 5.41) is 8.60. The van der Waals surface area contributed by atoms with Gasteiger partial charge in [0.1, 0.15) is 4.90 Å². The monoisotopic (exact) mass is 347 g/mol. The second kappa shape index (κ2) is 5.84. The lowest BCUT2D eigenvalue weighted by molar-refractivity contribution is 0.0697. The summed E-state index contributed by atoms with van der Waals surface area (Å²) in [5.74, 6) is -1.40. The van der Waals surface area contributed by atoms with Gasteiger partial charge in [0.15, 0.2) is 5.82 Å². The number of carbonyl (C=O) groups is 1. The summed E-state index contributed by atoms with van der Waals surface area (Å²) in [6.07, 6.45) is 3.86. The zero-order valence-corrected chi connectivity index (χ0v) is 12.4. The number of anilines is 1. The van der Waals surface area contributed by atoms with Gasteiger partial charge in [-0.2, -0.15) is 0 Å². The fourth-order valence-electron chi connectivity index (χ4n) is 1.44. The van der Waals surface area contributed by atoms with E-state index in [-0.39, 0.29) is 21.4 Å². The van der Waals surface area contributed by atoms with E-state index in [4.69, 9.17) is 28.3 Å². The van der Waals surface area contributed by atoms with Crippen LogP contribution >= 0.6 is 23.2 Å². The van der Waals surface area contributed by atoms with Gasteiger partial charge >= 0.3 is 5.97 Å². The van der Waals surface area contributed by atoms with Crippen LogP contribution in [0.5, 0.6) is 0 Å². The topological polar surface area (TPSA) is 109 Å². The highest BCUT2D eigenvalue weighted by molar-refractivity contribution is 7.92. The Kier molecular flexibility index (Phi) is 4.31. The standard InChI is InChI=1S/C11H7Cl2N3O4S/c12-7-4-8(13)9(3-6(7)11(17)18)21(19,20)16-10-5-14-1-2-15-10/h1-5H,(H,15,16)(H,17,18). The fourth-order valence-corrected chi connectivity index (χ4v) is 3.29. The van der Waals surface area contributed by atoms with Crippen LogP contribution in [0.25, 0.3) is 0 Å². The van der Waals surface area contributed by atoms with Crippen LogP contribution in [0.15, 0.2) is 35.6 Å². The van der Waals surface area contributed by atoms with Gasteiger partial charge in [0.25, 0.3) is 10.0 Å². The minimum Gasteiger partial charge on any atom is -0.478 e. The second-order valence-corrected chi connectivity index (χ2v) is 6.23. The molecule has 0 aliphatic heterocycles. The molecule has 0 unspecified atom stereocenters. The number of aromatic nitrogens is 2. The first-order chi connectivity index (χ1) is 9.81. The summed E-state index contributed by atoms with van der Waals surface area (Å²) >= 11 is 11.5. The molecule has 0 spiro atoms. The number of rotatable bonds is 4. The van der Waals surface area contributed by atoms with E-state index in [2.05, 4.69) is 14.7 Å². The third-order valence-corrected chi connectivity index (χ3v) is 4.48. The van der Waals surface area contributed by atoms with E-state index in [1.807, 2.05) is 0 Å². The Hall–Kier alpha value is -1.90. The quantitative estimate of drug-likeness (QED) is 0.877. The molecule has 10 heteroatoms. The number of benzene rings is 1. The molecule has 1 heterocycles. The van der Waals surface area contributed by atoms with E-state index in [1.165, 1.54) is 18.6 Å². The lowest BCUT2D eigenvalue weighted by Crippen LogP contribution is -2.15. The molecule has 110 valence electrons. The van der Waals surface area contributed by atoms with Crippen molar-refractivity contribution in [2.75, 3.05) is 4.72 Å². The number of nitrogens with one attached hydrogen (secondary N) is 1. The zero-order valence-electron chi connectivity index (χ0n) is 10.1. The highest BCUT2D eigenvalue weighted by Crippen LogP contribution is 2.29. The summed E-state index contributed by atoms with van der Waals surface area (Å²) in [6.45, 7) is 0. The van der Waals surface area contributed by atoms with E-state index < -0.39 is 20.9 Å². The normalized spacial score (nSPS) is 11.1. The van der Waals surface area contributed by atoms with Crippen molar-refractivity contribution in [3.05, 3.63) is 46.3 Å². The maximum absolute atomic E-state index is 12.2. The molecule has 1 aromatic carbocycles. The first kappa shape index (κ1) is 15.5. The van der Waals surface area contributed by atoms with Crippen LogP contribution in [0, 0.1) is 0 Å². The highest BCUT2D eigenvalue weighted by Gasteiger charge is 2.23. The number of aromatic carboxylic acids is 1. The van der Waals surface area contributed by atoms with E-state index in [0.717, 1.165) is 12.1 Å². The first-order valence-electron chi connectivity index (χ1n) is 5.32. The molecule has 2 aromatic rings. The first-order valence-corrected chi connectivity index (χ1v) is 7.56. The minimum absolute atomic E-state index is 0.0274. The molecule has 0 radical (unpaired) electrons. The third-order valence-electron chi connectivity index (χ3n) is 2.34.